The number of hydrogen-bond acceptors (Lipinski definition) is 3. The maximum Gasteiger partial charge on any atom is 0.443 e. The van der Waals surface area contributed by atoms with Crippen LogP contribution in [0.1, 0.15) is 10.6 Å². The van der Waals surface area contributed by atoms with Gasteiger partial charge in [0.1, 0.15) is 0 Å². The SMILES string of the molecule is NCc1cccc(-c2cnc(C(F)(F)F)s2)c1. The first-order valence-electron chi connectivity index (χ1n) is 4.83. The highest BCUT2D eigenvalue weighted by Crippen LogP contribution is 2.36. The molecule has 6 heteroatoms. The Bertz CT molecular complexity index is 519. The molecule has 0 spiro atoms. The van der Waals surface area contributed by atoms with E-state index in [1.54, 1.807) is 18.2 Å². The van der Waals surface area contributed by atoms with Crippen molar-refractivity contribution in [3.05, 3.63) is 41.0 Å². The molecule has 0 radical (unpaired) electrons. The van der Waals surface area contributed by atoms with Crippen LogP contribution in [0.25, 0.3) is 10.4 Å². The van der Waals surface area contributed by atoms with Gasteiger partial charge in [0.05, 0.1) is 4.88 Å². The van der Waals surface area contributed by atoms with E-state index in [2.05, 4.69) is 4.98 Å². The molecule has 0 unspecified atom stereocenters. The molecule has 0 saturated carbocycles. The monoisotopic (exact) mass is 258 g/mol. The minimum Gasteiger partial charge on any atom is -0.326 e. The van der Waals surface area contributed by atoms with Crippen LogP contribution in [0.4, 0.5) is 13.2 Å². The van der Waals surface area contributed by atoms with Crippen molar-refractivity contribution in [1.82, 2.24) is 4.98 Å². The van der Waals surface area contributed by atoms with Crippen LogP contribution < -0.4 is 5.73 Å². The average molecular weight is 258 g/mol. The van der Waals surface area contributed by atoms with Crippen LogP contribution in [0.5, 0.6) is 0 Å². The lowest BCUT2D eigenvalue weighted by molar-refractivity contribution is -0.137. The molecule has 1 aromatic heterocycles. The molecule has 90 valence electrons. The molecule has 0 fully saturated rings. The highest BCUT2D eigenvalue weighted by atomic mass is 32.1. The summed E-state index contributed by atoms with van der Waals surface area (Å²) in [6.45, 7) is 0.360. The predicted octanol–water partition coefficient (Wildman–Crippen LogP) is 3.29. The normalized spacial score (nSPS) is 11.8. The maximum atomic E-state index is 12.4. The first-order chi connectivity index (χ1) is 8.00. The summed E-state index contributed by atoms with van der Waals surface area (Å²) in [7, 11) is 0. The van der Waals surface area contributed by atoms with E-state index < -0.39 is 11.2 Å². The number of halogens is 3. The third kappa shape index (κ3) is 2.65. The Labute approximate surface area is 99.9 Å². The summed E-state index contributed by atoms with van der Waals surface area (Å²) in [6.07, 6.45) is -3.14. The predicted molar refractivity (Wildman–Crippen MR) is 60.4 cm³/mol. The van der Waals surface area contributed by atoms with Crippen molar-refractivity contribution >= 4 is 11.3 Å². The zero-order chi connectivity index (χ0) is 12.5. The van der Waals surface area contributed by atoms with Gasteiger partial charge in [0.15, 0.2) is 5.01 Å². The summed E-state index contributed by atoms with van der Waals surface area (Å²) < 4.78 is 37.2. The number of rotatable bonds is 2. The van der Waals surface area contributed by atoms with Gasteiger partial charge in [0.25, 0.3) is 0 Å². The Morgan fingerprint density at radius 3 is 2.65 bits per heavy atom. The number of benzene rings is 1. The fourth-order valence-corrected chi connectivity index (χ4v) is 2.17. The summed E-state index contributed by atoms with van der Waals surface area (Å²) in [5, 5.41) is -0.828. The molecule has 0 aliphatic rings. The molecule has 0 aliphatic carbocycles. The summed E-state index contributed by atoms with van der Waals surface area (Å²) in [4.78, 5) is 3.87. The summed E-state index contributed by atoms with van der Waals surface area (Å²) in [6, 6.07) is 7.11. The van der Waals surface area contributed by atoms with Gasteiger partial charge in [-0.3, -0.25) is 0 Å². The van der Waals surface area contributed by atoms with Gasteiger partial charge < -0.3 is 5.73 Å². The summed E-state index contributed by atoms with van der Waals surface area (Å²) in [5.41, 5.74) is 7.07. The van der Waals surface area contributed by atoms with Crippen molar-refractivity contribution in [3.63, 3.8) is 0 Å². The molecule has 2 aromatic rings. The molecule has 0 bridgehead atoms. The molecule has 17 heavy (non-hydrogen) atoms. The third-order valence-corrected chi connectivity index (χ3v) is 3.29. The fourth-order valence-electron chi connectivity index (χ4n) is 1.39. The van der Waals surface area contributed by atoms with Crippen LogP contribution in [0.2, 0.25) is 0 Å². The van der Waals surface area contributed by atoms with E-state index in [1.165, 1.54) is 6.20 Å². The minimum absolute atomic E-state index is 0.360. The van der Waals surface area contributed by atoms with E-state index in [9.17, 15) is 13.2 Å². The van der Waals surface area contributed by atoms with E-state index in [4.69, 9.17) is 5.73 Å². The first-order valence-corrected chi connectivity index (χ1v) is 5.65. The van der Waals surface area contributed by atoms with Crippen LogP contribution in [0, 0.1) is 0 Å². The maximum absolute atomic E-state index is 12.4. The lowest BCUT2D eigenvalue weighted by Crippen LogP contribution is -2.02. The van der Waals surface area contributed by atoms with Crippen molar-refractivity contribution < 1.29 is 13.2 Å². The molecule has 0 atom stereocenters. The van der Waals surface area contributed by atoms with Crippen molar-refractivity contribution in [2.75, 3.05) is 0 Å². The second kappa shape index (κ2) is 4.46. The van der Waals surface area contributed by atoms with Gasteiger partial charge in [0, 0.05) is 12.7 Å². The molecule has 1 heterocycles. The van der Waals surface area contributed by atoms with Crippen LogP contribution in [-0.4, -0.2) is 4.98 Å². The first kappa shape index (κ1) is 12.1. The number of thiazole rings is 1. The molecular weight excluding hydrogens is 249 g/mol. The van der Waals surface area contributed by atoms with Gasteiger partial charge >= 0.3 is 6.18 Å². The number of alkyl halides is 3. The molecule has 0 saturated heterocycles. The molecule has 0 amide bonds. The van der Waals surface area contributed by atoms with Gasteiger partial charge in [-0.25, -0.2) is 4.98 Å². The topological polar surface area (TPSA) is 38.9 Å². The quantitative estimate of drug-likeness (QED) is 0.897. The van der Waals surface area contributed by atoms with E-state index in [-0.39, 0.29) is 0 Å². The van der Waals surface area contributed by atoms with Crippen molar-refractivity contribution in [1.29, 1.82) is 0 Å². The molecule has 2 rings (SSSR count). The Morgan fingerprint density at radius 1 is 1.29 bits per heavy atom. The van der Waals surface area contributed by atoms with E-state index in [0.29, 0.717) is 28.3 Å². The van der Waals surface area contributed by atoms with E-state index in [0.717, 1.165) is 5.56 Å². The summed E-state index contributed by atoms with van der Waals surface area (Å²) in [5.74, 6) is 0. The lowest BCUT2D eigenvalue weighted by atomic mass is 10.1. The van der Waals surface area contributed by atoms with Crippen LogP contribution in [0.15, 0.2) is 30.5 Å². The number of aromatic nitrogens is 1. The van der Waals surface area contributed by atoms with Gasteiger partial charge in [-0.15, -0.1) is 11.3 Å². The van der Waals surface area contributed by atoms with Crippen LogP contribution in [-0.2, 0) is 12.7 Å². The lowest BCUT2D eigenvalue weighted by Gasteiger charge is -2.01. The number of hydrogen-bond donors (Lipinski definition) is 1. The molecular formula is C11H9F3N2S. The molecule has 1 aromatic carbocycles. The van der Waals surface area contributed by atoms with Gasteiger partial charge in [-0.1, -0.05) is 18.2 Å². The smallest absolute Gasteiger partial charge is 0.326 e. The standard InChI is InChI=1S/C11H9F3N2S/c12-11(13,14)10-16-6-9(17-10)8-3-1-2-7(4-8)5-15/h1-4,6H,5,15H2. The average Bonchev–Trinajstić information content (AvgIpc) is 2.78. The zero-order valence-corrected chi connectivity index (χ0v) is 9.48. The van der Waals surface area contributed by atoms with Gasteiger partial charge in [0.2, 0.25) is 0 Å². The Morgan fingerprint density at radius 2 is 2.06 bits per heavy atom. The Balaban J connectivity index is 2.37. The minimum atomic E-state index is -4.38. The highest BCUT2D eigenvalue weighted by molar-refractivity contribution is 7.15. The Hall–Kier alpha value is -1.40. The zero-order valence-electron chi connectivity index (χ0n) is 8.66. The van der Waals surface area contributed by atoms with Gasteiger partial charge in [-0.2, -0.15) is 13.2 Å². The largest absolute Gasteiger partial charge is 0.443 e. The van der Waals surface area contributed by atoms with Crippen molar-refractivity contribution in [3.8, 4) is 10.4 Å². The van der Waals surface area contributed by atoms with E-state index >= 15 is 0 Å². The van der Waals surface area contributed by atoms with Gasteiger partial charge in [-0.05, 0) is 17.2 Å². The highest BCUT2D eigenvalue weighted by Gasteiger charge is 2.34. The van der Waals surface area contributed by atoms with E-state index in [1.807, 2.05) is 6.07 Å². The number of nitrogens with zero attached hydrogens (tertiary/aromatic N) is 1. The second-order valence-corrected chi connectivity index (χ2v) is 4.46. The molecule has 2 nitrogen and oxygen atoms in total. The van der Waals surface area contributed by atoms with Crippen LogP contribution in [0.3, 0.4) is 0 Å². The van der Waals surface area contributed by atoms with Crippen molar-refractivity contribution in [2.45, 2.75) is 12.7 Å². The third-order valence-electron chi connectivity index (χ3n) is 2.20. The second-order valence-electron chi connectivity index (χ2n) is 3.43. The molecule has 0 aliphatic heterocycles. The Kier molecular flexibility index (Phi) is 3.17. The fraction of sp³-hybridized carbons (Fsp3) is 0.182. The van der Waals surface area contributed by atoms with Crippen LogP contribution >= 0.6 is 11.3 Å². The number of nitrogens with two attached hydrogens (primary N) is 1. The summed E-state index contributed by atoms with van der Waals surface area (Å²) >= 11 is 0.635. The molecule has 2 N–H and O–H groups in total. The van der Waals surface area contributed by atoms with Crippen molar-refractivity contribution in [2.24, 2.45) is 5.73 Å².